The first-order chi connectivity index (χ1) is 11.7. The Morgan fingerprint density at radius 2 is 1.12 bits per heavy atom. The minimum atomic E-state index is -0.330. The van der Waals surface area contributed by atoms with Crippen LogP contribution in [-0.4, -0.2) is 87.6 Å². The Bertz CT molecular complexity index is 350. The van der Waals surface area contributed by atoms with E-state index in [1.165, 1.54) is 0 Å². The number of nitrogens with zero attached hydrogens (tertiary/aromatic N) is 2. The molecule has 2 saturated heterocycles. The quantitative estimate of drug-likeness (QED) is 0.377. The number of hydrogen-bond donors (Lipinski definition) is 2. The van der Waals surface area contributed by atoms with Crippen LogP contribution in [0.5, 0.6) is 0 Å². The second-order valence-corrected chi connectivity index (χ2v) is 6.22. The predicted octanol–water partition coefficient (Wildman–Crippen LogP) is 0.630. The first-order valence-corrected chi connectivity index (χ1v) is 9.00. The number of amides is 2. The number of nitrogens with one attached hydrogen (secondary N) is 2. The third-order valence-corrected chi connectivity index (χ3v) is 4.00. The summed E-state index contributed by atoms with van der Waals surface area (Å²) in [5, 5.41) is 5.50. The van der Waals surface area contributed by atoms with E-state index in [9.17, 15) is 9.59 Å². The molecule has 2 heterocycles. The highest BCUT2D eigenvalue weighted by Crippen LogP contribution is 2.02. The van der Waals surface area contributed by atoms with Crippen molar-refractivity contribution < 1.29 is 19.1 Å². The van der Waals surface area contributed by atoms with Crippen LogP contribution in [0, 0.1) is 0 Å². The Balaban J connectivity index is 1.27. The van der Waals surface area contributed by atoms with Crippen molar-refractivity contribution >= 4 is 12.2 Å². The monoisotopic (exact) mass is 342 g/mol. The van der Waals surface area contributed by atoms with Crippen LogP contribution in [0.15, 0.2) is 0 Å². The molecule has 0 aromatic carbocycles. The van der Waals surface area contributed by atoms with Crippen LogP contribution in [0.25, 0.3) is 0 Å². The van der Waals surface area contributed by atoms with E-state index < -0.39 is 0 Å². The second kappa shape index (κ2) is 11.1. The molecule has 0 aliphatic carbocycles. The van der Waals surface area contributed by atoms with Crippen molar-refractivity contribution in [3.05, 3.63) is 0 Å². The standard InChI is InChI=1S/C16H30N4O4/c21-15(23-13-11-19-7-8-19)17-5-3-1-2-4-6-18-16(22)24-14-12-20-9-10-20/h1-14H2,(H,17,21)(H,18,22). The van der Waals surface area contributed by atoms with Gasteiger partial charge in [0.15, 0.2) is 0 Å². The third kappa shape index (κ3) is 10.3. The van der Waals surface area contributed by atoms with Gasteiger partial charge in [0.1, 0.15) is 13.2 Å². The van der Waals surface area contributed by atoms with Crippen LogP contribution in [-0.2, 0) is 9.47 Å². The molecule has 2 rings (SSSR count). The zero-order valence-electron chi connectivity index (χ0n) is 14.4. The van der Waals surface area contributed by atoms with Crippen LogP contribution in [0.2, 0.25) is 0 Å². The van der Waals surface area contributed by atoms with Crippen LogP contribution < -0.4 is 10.6 Å². The maximum absolute atomic E-state index is 11.4. The van der Waals surface area contributed by atoms with Crippen molar-refractivity contribution in [2.75, 3.05) is 65.6 Å². The van der Waals surface area contributed by atoms with Crippen molar-refractivity contribution in [1.82, 2.24) is 20.4 Å². The molecule has 0 saturated carbocycles. The topological polar surface area (TPSA) is 82.7 Å². The predicted molar refractivity (Wildman–Crippen MR) is 90.0 cm³/mol. The molecule has 0 unspecified atom stereocenters. The summed E-state index contributed by atoms with van der Waals surface area (Å²) in [7, 11) is 0. The number of carbonyl (C=O) groups is 2. The van der Waals surface area contributed by atoms with Gasteiger partial charge in [0.2, 0.25) is 0 Å². The van der Waals surface area contributed by atoms with Gasteiger partial charge in [0.05, 0.1) is 0 Å². The molecule has 138 valence electrons. The first kappa shape index (κ1) is 18.8. The molecule has 2 aliphatic rings. The summed E-state index contributed by atoms with van der Waals surface area (Å²) >= 11 is 0. The van der Waals surface area contributed by atoms with Crippen LogP contribution in [0.3, 0.4) is 0 Å². The van der Waals surface area contributed by atoms with Gasteiger partial charge in [0.25, 0.3) is 0 Å². The summed E-state index contributed by atoms with van der Waals surface area (Å²) in [6.45, 7) is 8.35. The molecule has 8 nitrogen and oxygen atoms in total. The number of alkyl carbamates (subject to hydrolysis) is 2. The van der Waals surface area contributed by atoms with E-state index in [-0.39, 0.29) is 12.2 Å². The first-order valence-electron chi connectivity index (χ1n) is 9.00. The summed E-state index contributed by atoms with van der Waals surface area (Å²) in [6, 6.07) is 0. The Hall–Kier alpha value is -1.54. The maximum Gasteiger partial charge on any atom is 0.407 e. The Morgan fingerprint density at radius 3 is 1.50 bits per heavy atom. The number of carbonyl (C=O) groups excluding carboxylic acids is 2. The third-order valence-electron chi connectivity index (χ3n) is 4.00. The summed E-state index contributed by atoms with van der Waals surface area (Å²) < 4.78 is 10.1. The molecule has 0 bridgehead atoms. The second-order valence-electron chi connectivity index (χ2n) is 6.22. The highest BCUT2D eigenvalue weighted by atomic mass is 16.6. The molecule has 2 aliphatic heterocycles. The SMILES string of the molecule is O=C(NCCCCCCNC(=O)OCCN1CC1)OCCN1CC1. The lowest BCUT2D eigenvalue weighted by molar-refractivity contribution is 0.141. The van der Waals surface area contributed by atoms with Gasteiger partial charge in [-0.3, -0.25) is 9.80 Å². The molecule has 0 radical (unpaired) electrons. The van der Waals surface area contributed by atoms with E-state index in [0.29, 0.717) is 26.3 Å². The summed E-state index contributed by atoms with van der Waals surface area (Å²) in [6.07, 6.45) is 3.20. The Morgan fingerprint density at radius 1 is 0.708 bits per heavy atom. The maximum atomic E-state index is 11.4. The van der Waals surface area contributed by atoms with E-state index in [2.05, 4.69) is 20.4 Å². The van der Waals surface area contributed by atoms with Crippen LogP contribution >= 0.6 is 0 Å². The minimum Gasteiger partial charge on any atom is -0.448 e. The van der Waals surface area contributed by atoms with Gasteiger partial charge in [-0.05, 0) is 12.8 Å². The lowest BCUT2D eigenvalue weighted by Crippen LogP contribution is -2.27. The minimum absolute atomic E-state index is 0.330. The van der Waals surface area contributed by atoms with Crippen molar-refractivity contribution in [3.63, 3.8) is 0 Å². The van der Waals surface area contributed by atoms with E-state index in [1.54, 1.807) is 0 Å². The molecule has 24 heavy (non-hydrogen) atoms. The molecule has 2 N–H and O–H groups in total. The molecule has 0 aromatic heterocycles. The Kier molecular flexibility index (Phi) is 8.69. The molecule has 0 aromatic rings. The number of ether oxygens (including phenoxy) is 2. The van der Waals surface area contributed by atoms with Gasteiger partial charge in [-0.1, -0.05) is 12.8 Å². The zero-order chi connectivity index (χ0) is 17.0. The van der Waals surface area contributed by atoms with Gasteiger partial charge < -0.3 is 20.1 Å². The van der Waals surface area contributed by atoms with Crippen molar-refractivity contribution in [2.45, 2.75) is 25.7 Å². The van der Waals surface area contributed by atoms with E-state index in [4.69, 9.17) is 9.47 Å². The van der Waals surface area contributed by atoms with Gasteiger partial charge >= 0.3 is 12.2 Å². The number of rotatable bonds is 13. The average Bonchev–Trinajstić information content (AvgIpc) is 3.44. The van der Waals surface area contributed by atoms with E-state index in [0.717, 1.165) is 65.0 Å². The van der Waals surface area contributed by atoms with Crippen LogP contribution in [0.4, 0.5) is 9.59 Å². The molecule has 8 heteroatoms. The highest BCUT2D eigenvalue weighted by molar-refractivity contribution is 5.67. The van der Waals surface area contributed by atoms with Gasteiger partial charge in [0, 0.05) is 52.4 Å². The molecular weight excluding hydrogens is 312 g/mol. The highest BCUT2D eigenvalue weighted by Gasteiger charge is 2.17. The summed E-state index contributed by atoms with van der Waals surface area (Å²) in [5.74, 6) is 0. The number of unbranched alkanes of at least 4 members (excludes halogenated alkanes) is 3. The lowest BCUT2D eigenvalue weighted by Gasteiger charge is -2.08. The normalized spacial score (nSPS) is 16.5. The fraction of sp³-hybridized carbons (Fsp3) is 0.875. The molecule has 2 fully saturated rings. The van der Waals surface area contributed by atoms with E-state index >= 15 is 0 Å². The van der Waals surface area contributed by atoms with Crippen molar-refractivity contribution in [2.24, 2.45) is 0 Å². The van der Waals surface area contributed by atoms with E-state index in [1.807, 2.05) is 0 Å². The number of hydrogen-bond acceptors (Lipinski definition) is 6. The van der Waals surface area contributed by atoms with Crippen molar-refractivity contribution in [1.29, 1.82) is 0 Å². The lowest BCUT2D eigenvalue weighted by atomic mass is 10.2. The molecule has 0 atom stereocenters. The smallest absolute Gasteiger partial charge is 0.407 e. The average molecular weight is 342 g/mol. The van der Waals surface area contributed by atoms with Gasteiger partial charge in [-0.15, -0.1) is 0 Å². The van der Waals surface area contributed by atoms with Gasteiger partial charge in [-0.25, -0.2) is 9.59 Å². The Labute approximate surface area is 143 Å². The summed E-state index contributed by atoms with van der Waals surface area (Å²) in [5.41, 5.74) is 0. The fourth-order valence-corrected chi connectivity index (χ4v) is 2.21. The molecule has 0 spiro atoms. The van der Waals surface area contributed by atoms with Gasteiger partial charge in [-0.2, -0.15) is 0 Å². The van der Waals surface area contributed by atoms with Crippen molar-refractivity contribution in [3.8, 4) is 0 Å². The largest absolute Gasteiger partial charge is 0.448 e. The molecule has 2 amide bonds. The van der Waals surface area contributed by atoms with Crippen LogP contribution in [0.1, 0.15) is 25.7 Å². The molecular formula is C16H30N4O4. The summed E-state index contributed by atoms with van der Waals surface area (Å²) in [4.78, 5) is 27.2. The zero-order valence-corrected chi connectivity index (χ0v) is 14.4. The fourth-order valence-electron chi connectivity index (χ4n) is 2.21.